The minimum atomic E-state index is -5.66. The highest BCUT2D eigenvalue weighted by Crippen LogP contribution is 2.61. The molecule has 0 saturated carbocycles. The van der Waals surface area contributed by atoms with Crippen LogP contribution < -0.4 is 11.2 Å². The third kappa shape index (κ3) is 11.7. The minimum absolute atomic E-state index is 0.0352. The Morgan fingerprint density at radius 3 is 1.79 bits per heavy atom. The average molecular weight is 837 g/mol. The third-order valence-electron chi connectivity index (χ3n) is 8.89. The first-order valence-electron chi connectivity index (χ1n) is 17.6. The lowest BCUT2D eigenvalue weighted by Crippen LogP contribution is -2.60. The zero-order valence-corrected chi connectivity index (χ0v) is 31.8. The Hall–Kier alpha value is -3.72. The van der Waals surface area contributed by atoms with E-state index in [2.05, 4.69) is 4.31 Å². The Kier molecular flexibility index (Phi) is 14.6. The maximum atomic E-state index is 13.3. The van der Waals surface area contributed by atoms with Crippen molar-refractivity contribution < 1.29 is 71.3 Å². The summed E-state index contributed by atoms with van der Waals surface area (Å²) in [4.78, 5) is 46.7. The topological polar surface area (TPSA) is 264 Å². The Morgan fingerprint density at radius 1 is 0.649 bits per heavy atom. The summed E-state index contributed by atoms with van der Waals surface area (Å²) in [6.45, 7) is -1.03. The summed E-state index contributed by atoms with van der Waals surface area (Å²) in [5.74, 6) is 0. The van der Waals surface area contributed by atoms with E-state index < -0.39 is 88.7 Å². The molecule has 2 aliphatic heterocycles. The molecule has 57 heavy (non-hydrogen) atoms. The van der Waals surface area contributed by atoms with Crippen LogP contribution in [0.2, 0.25) is 0 Å². The van der Waals surface area contributed by atoms with E-state index in [1.807, 2.05) is 71.7 Å². The number of nitrogens with zero attached hydrogens (tertiary/aromatic N) is 1. The SMILES string of the molecule is O=c1ccn([C@@H]2O[C@H](COP(=O)(O)OP(=O)(O)OC3O[C@H](COCc4ccccc4)[C@@H](OCc4ccccc4)[C@H](OCc4ccccc4)[C@H]3O)[C@@H](O)[C@H]2O)c(=O)[nH]1. The number of phosphoric acid groups is 2. The Balaban J connectivity index is 1.16. The van der Waals surface area contributed by atoms with Crippen molar-refractivity contribution >= 4 is 15.6 Å². The summed E-state index contributed by atoms with van der Waals surface area (Å²) in [6, 6.07) is 28.2. The van der Waals surface area contributed by atoms with E-state index in [0.29, 0.717) is 0 Å². The maximum Gasteiger partial charge on any atom is 0.483 e. The van der Waals surface area contributed by atoms with Crippen molar-refractivity contribution in [2.45, 2.75) is 75.1 Å². The smallest absolute Gasteiger partial charge is 0.387 e. The van der Waals surface area contributed by atoms with Gasteiger partial charge in [0.2, 0.25) is 0 Å². The fraction of sp³-hybridized carbons (Fsp3) is 0.389. The molecule has 0 spiro atoms. The van der Waals surface area contributed by atoms with Gasteiger partial charge in [0.15, 0.2) is 12.5 Å². The molecular formula is C36H42N2O17P2. The monoisotopic (exact) mass is 836 g/mol. The van der Waals surface area contributed by atoms with Crippen LogP contribution in [0.5, 0.6) is 0 Å². The normalized spacial score (nSPS) is 28.4. The van der Waals surface area contributed by atoms with Gasteiger partial charge in [-0.05, 0) is 16.7 Å². The van der Waals surface area contributed by atoms with Crippen LogP contribution in [0.4, 0.5) is 0 Å². The second-order valence-corrected chi connectivity index (χ2v) is 16.0. The number of aliphatic hydroxyl groups excluding tert-OH is 3. The van der Waals surface area contributed by atoms with Gasteiger partial charge in [-0.15, -0.1) is 0 Å². The fourth-order valence-corrected chi connectivity index (χ4v) is 8.26. The van der Waals surface area contributed by atoms with E-state index in [9.17, 15) is 43.8 Å². The second-order valence-electron chi connectivity index (χ2n) is 13.0. The molecule has 0 aliphatic carbocycles. The molecule has 1 aromatic heterocycles. The molecule has 6 N–H and O–H groups in total. The first-order valence-corrected chi connectivity index (χ1v) is 20.6. The number of hydrogen-bond donors (Lipinski definition) is 6. The van der Waals surface area contributed by atoms with Crippen LogP contribution in [0.15, 0.2) is 113 Å². The van der Waals surface area contributed by atoms with Gasteiger partial charge in [-0.25, -0.2) is 13.9 Å². The molecule has 21 heteroatoms. The number of phosphoric ester groups is 2. The molecule has 308 valence electrons. The van der Waals surface area contributed by atoms with E-state index in [1.54, 1.807) is 24.3 Å². The number of aromatic amines is 1. The molecule has 2 aliphatic rings. The van der Waals surface area contributed by atoms with Crippen LogP contribution in [-0.2, 0) is 66.0 Å². The predicted octanol–water partition coefficient (Wildman–Crippen LogP) is 1.88. The second kappa shape index (κ2) is 19.4. The molecule has 3 unspecified atom stereocenters. The van der Waals surface area contributed by atoms with Crippen molar-refractivity contribution in [1.82, 2.24) is 9.55 Å². The zero-order chi connectivity index (χ0) is 40.6. The largest absolute Gasteiger partial charge is 0.483 e. The number of aromatic nitrogens is 2. The summed E-state index contributed by atoms with van der Waals surface area (Å²) in [5.41, 5.74) is 0.630. The molecule has 11 atom stereocenters. The summed E-state index contributed by atoms with van der Waals surface area (Å²) >= 11 is 0. The van der Waals surface area contributed by atoms with Crippen LogP contribution in [0, 0.1) is 0 Å². The van der Waals surface area contributed by atoms with Crippen LogP contribution in [0.1, 0.15) is 22.9 Å². The van der Waals surface area contributed by atoms with E-state index >= 15 is 0 Å². The molecule has 3 heterocycles. The van der Waals surface area contributed by atoms with Gasteiger partial charge in [0.1, 0.15) is 42.7 Å². The summed E-state index contributed by atoms with van der Waals surface area (Å²) in [5, 5.41) is 32.5. The molecular weight excluding hydrogens is 794 g/mol. The van der Waals surface area contributed by atoms with Gasteiger partial charge in [-0.1, -0.05) is 91.0 Å². The van der Waals surface area contributed by atoms with Gasteiger partial charge in [0.25, 0.3) is 5.56 Å². The highest BCUT2D eigenvalue weighted by atomic mass is 31.3. The van der Waals surface area contributed by atoms with Gasteiger partial charge in [0, 0.05) is 12.3 Å². The Bertz CT molecular complexity index is 2090. The maximum absolute atomic E-state index is 13.3. The quantitative estimate of drug-likeness (QED) is 0.0782. The first kappa shape index (κ1) is 42.9. The third-order valence-corrected chi connectivity index (χ3v) is 11.5. The van der Waals surface area contributed by atoms with Crippen molar-refractivity contribution in [1.29, 1.82) is 0 Å². The molecule has 19 nitrogen and oxygen atoms in total. The van der Waals surface area contributed by atoms with Crippen LogP contribution in [0.3, 0.4) is 0 Å². The lowest BCUT2D eigenvalue weighted by atomic mass is 9.98. The van der Waals surface area contributed by atoms with Crippen molar-refractivity contribution in [3.63, 3.8) is 0 Å². The van der Waals surface area contributed by atoms with Crippen LogP contribution in [0.25, 0.3) is 0 Å². The summed E-state index contributed by atoms with van der Waals surface area (Å²) in [7, 11) is -11.2. The number of rotatable bonds is 18. The molecule has 4 aromatic rings. The number of aliphatic hydroxyl groups is 3. The van der Waals surface area contributed by atoms with Crippen LogP contribution in [-0.4, -0.2) is 96.9 Å². The number of H-pyrrole nitrogens is 1. The fourth-order valence-electron chi connectivity index (χ4n) is 6.10. The number of ether oxygens (including phenoxy) is 5. The van der Waals surface area contributed by atoms with E-state index in [1.165, 1.54) is 0 Å². The number of benzene rings is 3. The predicted molar refractivity (Wildman–Crippen MR) is 196 cm³/mol. The van der Waals surface area contributed by atoms with E-state index in [-0.39, 0.29) is 26.4 Å². The highest BCUT2D eigenvalue weighted by molar-refractivity contribution is 7.61. The van der Waals surface area contributed by atoms with Crippen LogP contribution >= 0.6 is 15.6 Å². The molecule has 0 radical (unpaired) electrons. The number of hydrogen-bond acceptors (Lipinski definition) is 15. The molecule has 0 amide bonds. The minimum Gasteiger partial charge on any atom is -0.387 e. The first-order chi connectivity index (χ1) is 27.3. The van der Waals surface area contributed by atoms with Gasteiger partial charge in [-0.3, -0.25) is 23.4 Å². The highest BCUT2D eigenvalue weighted by Gasteiger charge is 2.51. The molecule has 2 fully saturated rings. The van der Waals surface area contributed by atoms with Crippen molar-refractivity contribution in [3.05, 3.63) is 141 Å². The zero-order valence-electron chi connectivity index (χ0n) is 30.0. The van der Waals surface area contributed by atoms with Gasteiger partial charge in [-0.2, -0.15) is 4.31 Å². The lowest BCUT2D eigenvalue weighted by molar-refractivity contribution is -0.302. The molecule has 3 aromatic carbocycles. The lowest BCUT2D eigenvalue weighted by Gasteiger charge is -2.44. The number of nitrogens with one attached hydrogen (secondary N) is 1. The van der Waals surface area contributed by atoms with E-state index in [0.717, 1.165) is 33.5 Å². The van der Waals surface area contributed by atoms with Crippen molar-refractivity contribution in [2.75, 3.05) is 13.2 Å². The Labute approximate surface area is 325 Å². The molecule has 0 bridgehead atoms. The summed E-state index contributed by atoms with van der Waals surface area (Å²) < 4.78 is 71.1. The standard InChI is InChI=1S/C36H42N2O17P2/c39-28-16-17-38(36(43)37-28)34-30(41)29(40)26(52-34)22-51-56(44,45)55-57(46,47)54-35-31(42)33(50-20-25-14-8-3-9-15-25)32(49-19-24-12-6-2-7-13-24)27(53-35)21-48-18-23-10-4-1-5-11-23/h1-17,26-27,29-35,40-42H,18-22H2,(H,44,45)(H,46,47)(H,37,39,43)/t26-,27-,29-,30-,31-,32-,33-,34-,35?/m1/s1. The van der Waals surface area contributed by atoms with E-state index in [4.69, 9.17) is 32.7 Å². The summed E-state index contributed by atoms with van der Waals surface area (Å²) in [6.07, 6.45) is -13.0. The van der Waals surface area contributed by atoms with Gasteiger partial charge in [0.05, 0.1) is 33.0 Å². The average Bonchev–Trinajstić information content (AvgIpc) is 3.46. The molecule has 2 saturated heterocycles. The van der Waals surface area contributed by atoms with Gasteiger partial charge >= 0.3 is 21.3 Å². The molecule has 6 rings (SSSR count). The van der Waals surface area contributed by atoms with Crippen molar-refractivity contribution in [2.24, 2.45) is 0 Å². The Morgan fingerprint density at radius 2 is 1.21 bits per heavy atom. The van der Waals surface area contributed by atoms with Crippen molar-refractivity contribution in [3.8, 4) is 0 Å². The van der Waals surface area contributed by atoms with Gasteiger partial charge < -0.3 is 48.8 Å².